The van der Waals surface area contributed by atoms with Gasteiger partial charge in [0.1, 0.15) is 11.7 Å². The highest BCUT2D eigenvalue weighted by molar-refractivity contribution is 5.27. The molecule has 1 heterocycles. The van der Waals surface area contributed by atoms with E-state index in [1.165, 1.54) is 6.42 Å². The van der Waals surface area contributed by atoms with Crippen molar-refractivity contribution in [1.29, 1.82) is 0 Å². The van der Waals surface area contributed by atoms with Gasteiger partial charge in [0.15, 0.2) is 6.10 Å². The van der Waals surface area contributed by atoms with Crippen molar-refractivity contribution in [3.05, 3.63) is 11.4 Å². The summed E-state index contributed by atoms with van der Waals surface area (Å²) in [6.07, 6.45) is 6.47. The quantitative estimate of drug-likeness (QED) is 0.530. The molecule has 0 aromatic carbocycles. The molecule has 4 aliphatic carbocycles. The molecule has 0 amide bonds. The largest absolute Gasteiger partial charge is 0.393 e. The summed E-state index contributed by atoms with van der Waals surface area (Å²) in [4.78, 5) is 3.75. The Morgan fingerprint density at radius 2 is 1.83 bits per heavy atom. The molecular formula is C20H29NO3. The summed E-state index contributed by atoms with van der Waals surface area (Å²) in [5, 5.41) is 21.0. The molecule has 4 nitrogen and oxygen atoms in total. The van der Waals surface area contributed by atoms with Crippen LogP contribution in [0.4, 0.5) is 0 Å². The van der Waals surface area contributed by atoms with Crippen molar-refractivity contribution in [2.75, 3.05) is 0 Å². The molecular weight excluding hydrogens is 302 g/mol. The van der Waals surface area contributed by atoms with Crippen LogP contribution < -0.4 is 0 Å². The third kappa shape index (κ3) is 1.56. The van der Waals surface area contributed by atoms with Crippen LogP contribution in [0.15, 0.2) is 0 Å². The van der Waals surface area contributed by atoms with E-state index in [2.05, 4.69) is 18.7 Å². The predicted octanol–water partition coefficient (Wildman–Crippen LogP) is 2.78. The Bertz CT molecular complexity index is 616. The van der Waals surface area contributed by atoms with E-state index in [0.717, 1.165) is 38.5 Å². The fourth-order valence-electron chi connectivity index (χ4n) is 7.84. The molecule has 5 aliphatic rings. The third-order valence-corrected chi connectivity index (χ3v) is 9.26. The van der Waals surface area contributed by atoms with Crippen molar-refractivity contribution < 1.29 is 14.9 Å². The van der Waals surface area contributed by atoms with Gasteiger partial charge in [0.05, 0.1) is 6.10 Å². The Hall–Kier alpha value is -0.630. The number of epoxide rings is 1. The highest BCUT2D eigenvalue weighted by Gasteiger charge is 2.79. The molecule has 0 aromatic rings. The summed E-state index contributed by atoms with van der Waals surface area (Å²) in [6, 6.07) is -0.308. The molecule has 1 saturated heterocycles. The Morgan fingerprint density at radius 3 is 2.58 bits per heavy atom. The minimum atomic E-state index is -0.603. The van der Waals surface area contributed by atoms with Crippen LogP contribution in [0.5, 0.6) is 0 Å². The molecule has 24 heavy (non-hydrogen) atoms. The summed E-state index contributed by atoms with van der Waals surface area (Å²) in [6.45, 7) is 12.2. The van der Waals surface area contributed by atoms with E-state index in [4.69, 9.17) is 11.3 Å². The lowest BCUT2D eigenvalue weighted by atomic mass is 9.44. The van der Waals surface area contributed by atoms with Crippen molar-refractivity contribution in [3.63, 3.8) is 0 Å². The summed E-state index contributed by atoms with van der Waals surface area (Å²) in [5.41, 5.74) is -0.0527. The zero-order valence-electron chi connectivity index (χ0n) is 14.7. The molecule has 4 heteroatoms. The first kappa shape index (κ1) is 15.6. The first-order valence-corrected chi connectivity index (χ1v) is 9.78. The van der Waals surface area contributed by atoms with Gasteiger partial charge in [-0.1, -0.05) is 13.8 Å². The molecule has 1 aliphatic heterocycles. The smallest absolute Gasteiger partial charge is 0.252 e. The average molecular weight is 331 g/mol. The van der Waals surface area contributed by atoms with E-state index >= 15 is 0 Å². The molecule has 10 unspecified atom stereocenters. The Morgan fingerprint density at radius 1 is 1.04 bits per heavy atom. The lowest BCUT2D eigenvalue weighted by molar-refractivity contribution is -0.126. The van der Waals surface area contributed by atoms with Gasteiger partial charge in [-0.25, -0.2) is 6.57 Å². The van der Waals surface area contributed by atoms with Crippen LogP contribution in [-0.2, 0) is 4.74 Å². The van der Waals surface area contributed by atoms with Gasteiger partial charge in [-0.05, 0) is 61.7 Å². The van der Waals surface area contributed by atoms with Crippen LogP contribution in [0.1, 0.15) is 58.8 Å². The number of aliphatic hydroxyl groups is 2. The average Bonchev–Trinajstić information content (AvgIpc) is 3.23. The number of hydrogen-bond donors (Lipinski definition) is 2. The normalized spacial score (nSPS) is 64.2. The number of nitrogens with zero attached hydrogens (tertiary/aromatic N) is 1. The Kier molecular flexibility index (Phi) is 2.96. The molecule has 0 radical (unpaired) electrons. The second-order valence-electron chi connectivity index (χ2n) is 9.79. The Labute approximate surface area is 144 Å². The molecule has 0 aromatic heterocycles. The predicted molar refractivity (Wildman–Crippen MR) is 89.0 cm³/mol. The van der Waals surface area contributed by atoms with Gasteiger partial charge in [0.2, 0.25) is 0 Å². The first-order chi connectivity index (χ1) is 11.4. The van der Waals surface area contributed by atoms with Gasteiger partial charge in [0, 0.05) is 11.8 Å². The van der Waals surface area contributed by atoms with E-state index in [-0.39, 0.29) is 34.7 Å². The molecule has 2 N–H and O–H groups in total. The van der Waals surface area contributed by atoms with Crippen LogP contribution in [0, 0.1) is 35.2 Å². The van der Waals surface area contributed by atoms with E-state index in [1.54, 1.807) is 0 Å². The zero-order chi connectivity index (χ0) is 16.9. The maximum absolute atomic E-state index is 10.5. The standard InChI is InChI=1S/C20H29NO3/c1-18-8-7-13-11(12(18)4-5-15(18)22)6-9-20-17(24-20)16(23)14(21-3)10-19(13,20)2/h11-17,22-23H,4-10H2,1-2H3. The van der Waals surface area contributed by atoms with Crippen LogP contribution >= 0.6 is 0 Å². The zero-order valence-corrected chi connectivity index (χ0v) is 14.7. The van der Waals surface area contributed by atoms with E-state index in [9.17, 15) is 10.2 Å². The molecule has 0 bridgehead atoms. The van der Waals surface area contributed by atoms with Crippen molar-refractivity contribution in [2.24, 2.45) is 28.6 Å². The van der Waals surface area contributed by atoms with Crippen LogP contribution in [0.2, 0.25) is 0 Å². The van der Waals surface area contributed by atoms with Crippen molar-refractivity contribution >= 4 is 0 Å². The summed E-state index contributed by atoms with van der Waals surface area (Å²) in [7, 11) is 0. The van der Waals surface area contributed by atoms with Gasteiger partial charge >= 0.3 is 0 Å². The summed E-state index contributed by atoms with van der Waals surface area (Å²) >= 11 is 0. The van der Waals surface area contributed by atoms with E-state index in [0.29, 0.717) is 17.8 Å². The molecule has 10 atom stereocenters. The number of aliphatic hydroxyl groups excluding tert-OH is 2. The summed E-state index contributed by atoms with van der Waals surface area (Å²) < 4.78 is 6.18. The fourth-order valence-corrected chi connectivity index (χ4v) is 7.84. The van der Waals surface area contributed by atoms with Crippen molar-refractivity contribution in [3.8, 4) is 0 Å². The number of hydrogen-bond acceptors (Lipinski definition) is 3. The highest BCUT2D eigenvalue weighted by atomic mass is 16.6. The highest BCUT2D eigenvalue weighted by Crippen LogP contribution is 2.72. The fraction of sp³-hybridized carbons (Fsp3) is 0.950. The van der Waals surface area contributed by atoms with E-state index < -0.39 is 6.10 Å². The Balaban J connectivity index is 1.51. The minimum absolute atomic E-state index is 0.0178. The van der Waals surface area contributed by atoms with Gasteiger partial charge in [0.25, 0.3) is 6.04 Å². The topological polar surface area (TPSA) is 57.3 Å². The summed E-state index contributed by atoms with van der Waals surface area (Å²) in [5.74, 6) is 1.86. The first-order valence-electron chi connectivity index (χ1n) is 9.78. The van der Waals surface area contributed by atoms with Crippen LogP contribution in [0.3, 0.4) is 0 Å². The third-order valence-electron chi connectivity index (χ3n) is 9.26. The maximum Gasteiger partial charge on any atom is 0.252 e. The van der Waals surface area contributed by atoms with Gasteiger partial charge in [-0.2, -0.15) is 0 Å². The van der Waals surface area contributed by atoms with Gasteiger partial charge < -0.3 is 19.8 Å². The minimum Gasteiger partial charge on any atom is -0.393 e. The number of rotatable bonds is 0. The molecule has 132 valence electrons. The van der Waals surface area contributed by atoms with Crippen molar-refractivity contribution in [2.45, 2.75) is 88.7 Å². The van der Waals surface area contributed by atoms with Crippen molar-refractivity contribution in [1.82, 2.24) is 0 Å². The van der Waals surface area contributed by atoms with Crippen LogP contribution in [0.25, 0.3) is 4.85 Å². The monoisotopic (exact) mass is 331 g/mol. The lowest BCUT2D eigenvalue weighted by Crippen LogP contribution is -2.61. The second-order valence-corrected chi connectivity index (χ2v) is 9.79. The maximum atomic E-state index is 10.5. The number of ether oxygens (including phenoxy) is 1. The molecule has 5 rings (SSSR count). The SMILES string of the molecule is [C-]#[N+]C1CC2(C)C3CCC4(C)C(O)CCC4C3CCC23OC3C1O. The van der Waals surface area contributed by atoms with E-state index in [1.807, 2.05) is 0 Å². The van der Waals surface area contributed by atoms with Gasteiger partial charge in [-0.15, -0.1) is 0 Å². The molecule has 4 saturated carbocycles. The lowest BCUT2D eigenvalue weighted by Gasteiger charge is -2.59. The van der Waals surface area contributed by atoms with Crippen LogP contribution in [-0.4, -0.2) is 40.2 Å². The second kappa shape index (κ2) is 4.55. The molecule has 1 spiro atoms. The molecule has 5 fully saturated rings. The van der Waals surface area contributed by atoms with Gasteiger partial charge in [-0.3, -0.25) is 0 Å². The number of fused-ring (bicyclic) bond motifs is 4.